The Morgan fingerprint density at radius 1 is 1.17 bits per heavy atom. The van der Waals surface area contributed by atoms with Crippen molar-refractivity contribution in [2.45, 2.75) is 68.5 Å². The zero-order valence-corrected chi connectivity index (χ0v) is 26.6. The fraction of sp³-hybridized carbons (Fsp3) is 0.412. The zero-order chi connectivity index (χ0) is 32.0. The first-order valence-corrected chi connectivity index (χ1v) is 16.8. The Kier molecular flexibility index (Phi) is 6.83. The van der Waals surface area contributed by atoms with Gasteiger partial charge in [0.2, 0.25) is 5.91 Å². The molecule has 0 radical (unpaired) electrons. The Morgan fingerprint density at radius 3 is 2.65 bits per heavy atom. The molecule has 2 atom stereocenters. The van der Waals surface area contributed by atoms with E-state index in [0.717, 1.165) is 40.9 Å². The summed E-state index contributed by atoms with van der Waals surface area (Å²) in [6.45, 7) is 1.41. The van der Waals surface area contributed by atoms with E-state index in [1.165, 1.54) is 18.2 Å². The third-order valence-corrected chi connectivity index (χ3v) is 10.9. The Morgan fingerprint density at radius 2 is 1.96 bits per heavy atom. The van der Waals surface area contributed by atoms with Gasteiger partial charge in [-0.05, 0) is 87.8 Å². The van der Waals surface area contributed by atoms with Crippen LogP contribution in [0.25, 0.3) is 21.5 Å². The van der Waals surface area contributed by atoms with E-state index in [0.29, 0.717) is 35.6 Å². The molecular formula is C34H32ClFN4O5S. The molecule has 3 fully saturated rings. The molecule has 1 aliphatic heterocycles. The lowest BCUT2D eigenvalue weighted by Crippen LogP contribution is -2.44. The molecule has 4 aliphatic rings. The number of hydrogen-bond acceptors (Lipinski definition) is 8. The van der Waals surface area contributed by atoms with Crippen molar-refractivity contribution < 1.29 is 28.6 Å². The summed E-state index contributed by atoms with van der Waals surface area (Å²) in [5.41, 5.74) is 4.89. The first-order valence-electron chi connectivity index (χ1n) is 15.6. The zero-order valence-electron chi connectivity index (χ0n) is 25.1. The average molecular weight is 663 g/mol. The number of aromatic nitrogens is 2. The molecule has 4 aromatic rings. The fourth-order valence-electron chi connectivity index (χ4n) is 6.10. The predicted octanol–water partition coefficient (Wildman–Crippen LogP) is 5.73. The van der Waals surface area contributed by atoms with Crippen molar-refractivity contribution in [2.75, 3.05) is 13.2 Å². The number of amides is 2. The van der Waals surface area contributed by atoms with Crippen molar-refractivity contribution in [1.29, 1.82) is 0 Å². The quantitative estimate of drug-likeness (QED) is 0.197. The fourth-order valence-corrected chi connectivity index (χ4v) is 7.47. The molecule has 2 amide bonds. The molecular weight excluding hydrogens is 631 g/mol. The number of primary amides is 1. The van der Waals surface area contributed by atoms with Crippen LogP contribution in [0.2, 0.25) is 5.02 Å². The molecule has 2 aromatic heterocycles. The lowest BCUT2D eigenvalue weighted by molar-refractivity contribution is -0.123. The van der Waals surface area contributed by atoms with Crippen molar-refractivity contribution >= 4 is 45.0 Å². The van der Waals surface area contributed by atoms with Crippen molar-refractivity contribution in [3.05, 3.63) is 69.1 Å². The number of aliphatic hydroxyl groups is 1. The van der Waals surface area contributed by atoms with Crippen LogP contribution in [-0.2, 0) is 15.8 Å². The van der Waals surface area contributed by atoms with Gasteiger partial charge in [0, 0.05) is 27.6 Å². The number of rotatable bonds is 10. The van der Waals surface area contributed by atoms with Crippen LogP contribution >= 0.6 is 22.9 Å². The first-order chi connectivity index (χ1) is 22.0. The minimum Gasteiger partial charge on any atom is -0.489 e. The number of ether oxygens (including phenoxy) is 2. The van der Waals surface area contributed by atoms with Gasteiger partial charge in [0.1, 0.15) is 46.1 Å². The molecule has 3 heterocycles. The van der Waals surface area contributed by atoms with Gasteiger partial charge < -0.3 is 25.6 Å². The summed E-state index contributed by atoms with van der Waals surface area (Å²) in [4.78, 5) is 36.0. The van der Waals surface area contributed by atoms with E-state index in [1.54, 1.807) is 30.4 Å². The van der Waals surface area contributed by atoms with Gasteiger partial charge in [-0.1, -0.05) is 11.6 Å². The van der Waals surface area contributed by atoms with Crippen molar-refractivity contribution in [2.24, 2.45) is 11.7 Å². The van der Waals surface area contributed by atoms with E-state index < -0.39 is 22.7 Å². The maximum absolute atomic E-state index is 15.2. The van der Waals surface area contributed by atoms with Gasteiger partial charge in [-0.2, -0.15) is 0 Å². The second-order valence-corrected chi connectivity index (χ2v) is 14.7. The van der Waals surface area contributed by atoms with Crippen molar-refractivity contribution in [1.82, 2.24) is 15.3 Å². The second-order valence-electron chi connectivity index (χ2n) is 13.2. The third kappa shape index (κ3) is 5.09. The average Bonchev–Trinajstić information content (AvgIpc) is 3.92. The van der Waals surface area contributed by atoms with Gasteiger partial charge in [0.05, 0.1) is 28.1 Å². The number of carbonyl (C=O) groups is 2. The SMILES string of the molecule is C[C@]1(C(N)=O)COc2c1cc(C(O)(CNC(=O)c1cc(OC3CC3)c3nc(C4CC4)sc3c1)C1CC1)nc2-c1cc(Cl)ccc1F. The number of benzene rings is 2. The van der Waals surface area contributed by atoms with Crippen LogP contribution in [0.15, 0.2) is 36.4 Å². The number of halogens is 2. The highest BCUT2D eigenvalue weighted by Crippen LogP contribution is 2.50. The second kappa shape index (κ2) is 10.6. The van der Waals surface area contributed by atoms with E-state index in [4.69, 9.17) is 36.8 Å². The summed E-state index contributed by atoms with van der Waals surface area (Å²) in [7, 11) is 0. The first kappa shape index (κ1) is 29.6. The molecule has 0 bridgehead atoms. The highest BCUT2D eigenvalue weighted by molar-refractivity contribution is 7.18. The lowest BCUT2D eigenvalue weighted by atomic mass is 9.81. The van der Waals surface area contributed by atoms with Crippen molar-refractivity contribution in [3.8, 4) is 22.8 Å². The van der Waals surface area contributed by atoms with Crippen LogP contribution in [0.3, 0.4) is 0 Å². The molecule has 238 valence electrons. The Labute approximate surface area is 273 Å². The number of nitrogens with zero attached hydrogens (tertiary/aromatic N) is 2. The number of pyridine rings is 1. The minimum absolute atomic E-state index is 0.0631. The number of fused-ring (bicyclic) bond motifs is 2. The monoisotopic (exact) mass is 662 g/mol. The summed E-state index contributed by atoms with van der Waals surface area (Å²) in [6.07, 6.45) is 5.73. The Balaban J connectivity index is 1.16. The molecule has 2 aromatic carbocycles. The molecule has 46 heavy (non-hydrogen) atoms. The lowest BCUT2D eigenvalue weighted by Gasteiger charge is -2.30. The van der Waals surface area contributed by atoms with Crippen LogP contribution in [0.1, 0.15) is 78.0 Å². The molecule has 4 N–H and O–H groups in total. The van der Waals surface area contributed by atoms with Gasteiger partial charge in [-0.3, -0.25) is 9.59 Å². The Bertz CT molecular complexity index is 1940. The summed E-state index contributed by atoms with van der Waals surface area (Å²) in [5.74, 6) is -0.541. The molecule has 8 rings (SSSR count). The van der Waals surface area contributed by atoms with Crippen LogP contribution < -0.4 is 20.5 Å². The van der Waals surface area contributed by atoms with E-state index in [2.05, 4.69) is 5.32 Å². The van der Waals surface area contributed by atoms with E-state index >= 15 is 4.39 Å². The smallest absolute Gasteiger partial charge is 0.251 e. The highest BCUT2D eigenvalue weighted by atomic mass is 35.5. The van der Waals surface area contributed by atoms with E-state index in [9.17, 15) is 14.7 Å². The largest absolute Gasteiger partial charge is 0.489 e. The predicted molar refractivity (Wildman–Crippen MR) is 171 cm³/mol. The van der Waals surface area contributed by atoms with Gasteiger partial charge in [-0.15, -0.1) is 11.3 Å². The summed E-state index contributed by atoms with van der Waals surface area (Å²) in [6, 6.07) is 9.23. The van der Waals surface area contributed by atoms with Gasteiger partial charge >= 0.3 is 0 Å². The molecule has 12 heteroatoms. The number of hydrogen-bond donors (Lipinski definition) is 3. The van der Waals surface area contributed by atoms with Gasteiger partial charge in [-0.25, -0.2) is 14.4 Å². The van der Waals surface area contributed by atoms with Crippen LogP contribution in [0.5, 0.6) is 11.5 Å². The summed E-state index contributed by atoms with van der Waals surface area (Å²) >= 11 is 7.83. The maximum Gasteiger partial charge on any atom is 0.251 e. The molecule has 1 unspecified atom stereocenters. The third-order valence-electron chi connectivity index (χ3n) is 9.50. The number of nitrogens with one attached hydrogen (secondary N) is 1. The van der Waals surface area contributed by atoms with E-state index in [1.807, 2.05) is 6.07 Å². The molecule has 9 nitrogen and oxygen atoms in total. The number of nitrogens with two attached hydrogens (primary N) is 1. The summed E-state index contributed by atoms with van der Waals surface area (Å²) in [5, 5.41) is 16.6. The van der Waals surface area contributed by atoms with Gasteiger partial charge in [0.15, 0.2) is 0 Å². The minimum atomic E-state index is -1.63. The number of thiazole rings is 1. The van der Waals surface area contributed by atoms with Gasteiger partial charge in [0.25, 0.3) is 5.91 Å². The maximum atomic E-state index is 15.2. The normalized spacial score (nSPS) is 21.8. The Hall–Kier alpha value is -3.80. The van der Waals surface area contributed by atoms with Crippen LogP contribution in [0, 0.1) is 11.7 Å². The molecule has 3 saturated carbocycles. The highest BCUT2D eigenvalue weighted by Gasteiger charge is 2.50. The topological polar surface area (TPSA) is 137 Å². The van der Waals surface area contributed by atoms with Crippen LogP contribution in [0.4, 0.5) is 4.39 Å². The van der Waals surface area contributed by atoms with Crippen molar-refractivity contribution in [3.63, 3.8) is 0 Å². The molecule has 0 spiro atoms. The van der Waals surface area contributed by atoms with E-state index in [-0.39, 0.29) is 58.8 Å². The standard InChI is InChI=1S/C34H32ClFN4O5S/c1-33(32(37)42)15-44-29-22(33)13-26(39-27(29)21-12-19(35)6-9-23(21)36)34(43,18-4-5-18)14-38-30(41)17-10-24(45-20-7-8-20)28-25(11-17)46-31(40-28)16-2-3-16/h6,9-13,16,18,20,43H,2-5,7-8,14-15H2,1H3,(H2,37,42)(H,38,41)/t33-,34?/m0/s1. The molecule has 0 saturated heterocycles. The number of carbonyl (C=O) groups excluding carboxylic acids is 2. The summed E-state index contributed by atoms with van der Waals surface area (Å²) < 4.78 is 28.2. The van der Waals surface area contributed by atoms with Crippen LogP contribution in [-0.4, -0.2) is 46.1 Å². The molecule has 3 aliphatic carbocycles.